The predicted molar refractivity (Wildman–Crippen MR) is 117 cm³/mol. The van der Waals surface area contributed by atoms with E-state index in [1.54, 1.807) is 42.5 Å². The minimum atomic E-state index is -4.48. The van der Waals surface area contributed by atoms with Gasteiger partial charge in [-0.1, -0.05) is 48.0 Å². The number of imide groups is 1. The lowest BCUT2D eigenvalue weighted by Crippen LogP contribution is -2.39. The minimum Gasteiger partial charge on any atom is -0.296 e. The summed E-state index contributed by atoms with van der Waals surface area (Å²) in [5.74, 6) is -1.24. The van der Waals surface area contributed by atoms with Crippen LogP contribution in [0, 0.1) is 0 Å². The van der Waals surface area contributed by atoms with Crippen LogP contribution < -0.4 is 10.9 Å². The molecule has 2 aromatic carbocycles. The number of nitrogens with zero attached hydrogens (tertiary/aromatic N) is 1. The van der Waals surface area contributed by atoms with Gasteiger partial charge in [-0.2, -0.15) is 13.2 Å². The fraction of sp³-hybridized carbons (Fsp3) is 0.208. The van der Waals surface area contributed by atoms with E-state index in [-0.39, 0.29) is 17.9 Å². The zero-order valence-electron chi connectivity index (χ0n) is 17.2. The number of carbonyl (C=O) groups is 2. The second kappa shape index (κ2) is 8.86. The third-order valence-electron chi connectivity index (χ3n) is 5.52. The van der Waals surface area contributed by atoms with Crippen LogP contribution in [0.15, 0.2) is 65.6 Å². The van der Waals surface area contributed by atoms with Crippen molar-refractivity contribution in [2.75, 3.05) is 0 Å². The lowest BCUT2D eigenvalue weighted by Gasteiger charge is -2.23. The van der Waals surface area contributed by atoms with E-state index in [1.165, 1.54) is 18.3 Å². The number of benzene rings is 2. The van der Waals surface area contributed by atoms with Gasteiger partial charge in [0.15, 0.2) is 0 Å². The van der Waals surface area contributed by atoms with E-state index in [4.69, 9.17) is 11.6 Å². The molecule has 0 spiro atoms. The van der Waals surface area contributed by atoms with Gasteiger partial charge >= 0.3 is 6.18 Å². The lowest BCUT2D eigenvalue weighted by atomic mass is 9.88. The van der Waals surface area contributed by atoms with Crippen LogP contribution in [0.1, 0.15) is 29.9 Å². The molecule has 3 aromatic rings. The van der Waals surface area contributed by atoms with Gasteiger partial charge in [-0.3, -0.25) is 24.3 Å². The molecule has 9 heteroatoms. The molecule has 1 aliphatic rings. The summed E-state index contributed by atoms with van der Waals surface area (Å²) in [6.45, 7) is 0. The SMILES string of the molecule is O=C1CCC(c2cccc(-c3ccc(-n4cccc(CC(F)(F)F)c4=O)cc3)c2Cl)C(=O)N1. The van der Waals surface area contributed by atoms with Gasteiger partial charge < -0.3 is 0 Å². The Labute approximate surface area is 191 Å². The van der Waals surface area contributed by atoms with Crippen molar-refractivity contribution < 1.29 is 22.8 Å². The summed E-state index contributed by atoms with van der Waals surface area (Å²) in [6.07, 6.45) is -3.77. The first-order chi connectivity index (χ1) is 15.6. The number of halogens is 4. The molecule has 5 nitrogen and oxygen atoms in total. The Hall–Kier alpha value is -3.39. The first kappa shape index (κ1) is 22.8. The van der Waals surface area contributed by atoms with Gasteiger partial charge in [0.2, 0.25) is 11.8 Å². The number of hydrogen-bond acceptors (Lipinski definition) is 3. The molecule has 0 bridgehead atoms. The Balaban J connectivity index is 1.65. The topological polar surface area (TPSA) is 68.2 Å². The van der Waals surface area contributed by atoms with Gasteiger partial charge in [-0.25, -0.2) is 0 Å². The number of piperidine rings is 1. The standard InChI is InChI=1S/C24H18ClF3N2O3/c25-21-17(4-1-5-18(21)19-10-11-20(31)29-22(19)32)14-6-8-16(9-7-14)30-12-2-3-15(23(30)33)13-24(26,27)28/h1-9,12,19H,10-11,13H2,(H,29,31,32). The predicted octanol–water partition coefficient (Wildman–Crippen LogP) is 4.78. The maximum atomic E-state index is 12.7. The molecule has 1 unspecified atom stereocenters. The van der Waals surface area contributed by atoms with Crippen molar-refractivity contribution in [3.8, 4) is 16.8 Å². The number of pyridine rings is 1. The van der Waals surface area contributed by atoms with Crippen molar-refractivity contribution in [1.29, 1.82) is 0 Å². The van der Waals surface area contributed by atoms with Crippen molar-refractivity contribution in [3.63, 3.8) is 0 Å². The van der Waals surface area contributed by atoms with Crippen molar-refractivity contribution in [2.45, 2.75) is 31.4 Å². The summed E-state index contributed by atoms with van der Waals surface area (Å²) in [5.41, 5.74) is 1.31. The molecular formula is C24H18ClF3N2O3. The van der Waals surface area contributed by atoms with Crippen molar-refractivity contribution in [1.82, 2.24) is 9.88 Å². The molecule has 2 heterocycles. The molecule has 1 fully saturated rings. The summed E-state index contributed by atoms with van der Waals surface area (Å²) in [7, 11) is 0. The number of nitrogens with one attached hydrogen (secondary N) is 1. The van der Waals surface area contributed by atoms with E-state index in [0.29, 0.717) is 33.8 Å². The van der Waals surface area contributed by atoms with Gasteiger partial charge in [-0.15, -0.1) is 0 Å². The van der Waals surface area contributed by atoms with Gasteiger partial charge in [0.1, 0.15) is 0 Å². The van der Waals surface area contributed by atoms with Crippen LogP contribution in [0.2, 0.25) is 5.02 Å². The highest BCUT2D eigenvalue weighted by molar-refractivity contribution is 6.34. The smallest absolute Gasteiger partial charge is 0.296 e. The highest BCUT2D eigenvalue weighted by Crippen LogP contribution is 2.37. The lowest BCUT2D eigenvalue weighted by molar-refractivity contribution is -0.134. The number of carbonyl (C=O) groups excluding carboxylic acids is 2. The number of alkyl halides is 3. The normalized spacial score (nSPS) is 16.5. The summed E-state index contributed by atoms with van der Waals surface area (Å²) >= 11 is 6.62. The van der Waals surface area contributed by atoms with E-state index in [9.17, 15) is 27.6 Å². The van der Waals surface area contributed by atoms with Crippen LogP contribution in [-0.4, -0.2) is 22.6 Å². The molecule has 1 N–H and O–H groups in total. The molecular weight excluding hydrogens is 457 g/mol. The maximum Gasteiger partial charge on any atom is 0.393 e. The van der Waals surface area contributed by atoms with Crippen LogP contribution in [0.3, 0.4) is 0 Å². The third kappa shape index (κ3) is 4.85. The minimum absolute atomic E-state index is 0.230. The van der Waals surface area contributed by atoms with Gasteiger partial charge in [0, 0.05) is 29.4 Å². The van der Waals surface area contributed by atoms with E-state index in [1.807, 2.05) is 0 Å². The van der Waals surface area contributed by atoms with Crippen molar-refractivity contribution in [2.24, 2.45) is 0 Å². The first-order valence-electron chi connectivity index (χ1n) is 10.1. The van der Waals surface area contributed by atoms with E-state index in [2.05, 4.69) is 5.32 Å². The maximum absolute atomic E-state index is 12.7. The Morgan fingerprint density at radius 1 is 1.00 bits per heavy atom. The largest absolute Gasteiger partial charge is 0.393 e. The summed E-state index contributed by atoms with van der Waals surface area (Å²) in [4.78, 5) is 36.2. The molecule has 1 saturated heterocycles. The average molecular weight is 475 g/mol. The summed E-state index contributed by atoms with van der Waals surface area (Å²) < 4.78 is 39.4. The number of rotatable bonds is 4. The van der Waals surface area contributed by atoms with Crippen LogP contribution in [0.25, 0.3) is 16.8 Å². The van der Waals surface area contributed by atoms with E-state index >= 15 is 0 Å². The fourth-order valence-corrected chi connectivity index (χ4v) is 4.29. The van der Waals surface area contributed by atoms with Crippen LogP contribution >= 0.6 is 11.6 Å². The van der Waals surface area contributed by atoms with Crippen LogP contribution in [0.5, 0.6) is 0 Å². The van der Waals surface area contributed by atoms with Crippen LogP contribution in [0.4, 0.5) is 13.2 Å². The average Bonchev–Trinajstić information content (AvgIpc) is 2.75. The Morgan fingerprint density at radius 3 is 2.39 bits per heavy atom. The quantitative estimate of drug-likeness (QED) is 0.553. The zero-order valence-corrected chi connectivity index (χ0v) is 17.9. The van der Waals surface area contributed by atoms with Crippen LogP contribution in [-0.2, 0) is 16.0 Å². The second-order valence-electron chi connectivity index (χ2n) is 7.76. The molecule has 1 atom stereocenters. The molecule has 2 amide bonds. The molecule has 0 aliphatic carbocycles. The Kier molecular flexibility index (Phi) is 6.12. The summed E-state index contributed by atoms with van der Waals surface area (Å²) in [5, 5.41) is 2.70. The Morgan fingerprint density at radius 2 is 1.73 bits per heavy atom. The third-order valence-corrected chi connectivity index (χ3v) is 5.94. The first-order valence-corrected chi connectivity index (χ1v) is 10.5. The van der Waals surface area contributed by atoms with E-state index in [0.717, 1.165) is 4.57 Å². The van der Waals surface area contributed by atoms with Gasteiger partial charge in [-0.05, 0) is 35.7 Å². The zero-order chi connectivity index (χ0) is 23.8. The molecule has 4 rings (SSSR count). The van der Waals surface area contributed by atoms with Crippen molar-refractivity contribution >= 4 is 23.4 Å². The molecule has 1 aromatic heterocycles. The highest BCUT2D eigenvalue weighted by Gasteiger charge is 2.30. The number of hydrogen-bond donors (Lipinski definition) is 1. The van der Waals surface area contributed by atoms with Crippen molar-refractivity contribution in [3.05, 3.63) is 87.3 Å². The summed E-state index contributed by atoms with van der Waals surface area (Å²) in [6, 6.07) is 14.5. The molecule has 0 saturated carbocycles. The Bertz CT molecular complexity index is 1280. The molecule has 33 heavy (non-hydrogen) atoms. The van der Waals surface area contributed by atoms with Gasteiger partial charge in [0.25, 0.3) is 5.56 Å². The molecule has 0 radical (unpaired) electrons. The number of aromatic nitrogens is 1. The molecule has 1 aliphatic heterocycles. The fourth-order valence-electron chi connectivity index (χ4n) is 3.93. The van der Waals surface area contributed by atoms with Gasteiger partial charge in [0.05, 0.1) is 17.4 Å². The highest BCUT2D eigenvalue weighted by atomic mass is 35.5. The molecule has 170 valence electrons. The number of amides is 2. The van der Waals surface area contributed by atoms with E-state index < -0.39 is 30.0 Å². The monoisotopic (exact) mass is 474 g/mol. The second-order valence-corrected chi connectivity index (χ2v) is 8.14.